The van der Waals surface area contributed by atoms with Gasteiger partial charge in [0.05, 0.1) is 11.3 Å². The summed E-state index contributed by atoms with van der Waals surface area (Å²) in [4.78, 5) is 29.8. The smallest absolute Gasteiger partial charge is 0.335 e. The van der Waals surface area contributed by atoms with Crippen molar-refractivity contribution < 1.29 is 19.1 Å². The van der Waals surface area contributed by atoms with E-state index in [1.807, 2.05) is 12.1 Å². The van der Waals surface area contributed by atoms with Crippen molar-refractivity contribution >= 4 is 11.9 Å². The van der Waals surface area contributed by atoms with E-state index in [0.717, 1.165) is 24.8 Å². The number of carboxylic acids is 1. The maximum absolute atomic E-state index is 12.6. The highest BCUT2D eigenvalue weighted by atomic mass is 16.4. The van der Waals surface area contributed by atoms with Crippen LogP contribution in [0.25, 0.3) is 0 Å². The minimum absolute atomic E-state index is 0.109. The number of oxazole rings is 1. The number of nitrogens with zero attached hydrogens (tertiary/aromatic N) is 2. The first-order chi connectivity index (χ1) is 12.0. The zero-order valence-electron chi connectivity index (χ0n) is 14.5. The number of aromatic nitrogens is 1. The van der Waals surface area contributed by atoms with Crippen molar-refractivity contribution in [2.24, 2.45) is 5.92 Å². The Hall–Kier alpha value is -2.63. The van der Waals surface area contributed by atoms with Crippen molar-refractivity contribution in [3.63, 3.8) is 0 Å². The Morgan fingerprint density at radius 2 is 1.92 bits per heavy atom. The maximum Gasteiger partial charge on any atom is 0.335 e. The van der Waals surface area contributed by atoms with Crippen molar-refractivity contribution in [3.8, 4) is 0 Å². The van der Waals surface area contributed by atoms with Crippen LogP contribution in [-0.4, -0.2) is 40.0 Å². The average Bonchev–Trinajstić information content (AvgIpc) is 2.93. The van der Waals surface area contributed by atoms with Crippen molar-refractivity contribution in [3.05, 3.63) is 52.7 Å². The zero-order chi connectivity index (χ0) is 18.0. The van der Waals surface area contributed by atoms with E-state index in [1.165, 1.54) is 0 Å². The largest absolute Gasteiger partial charge is 0.478 e. The number of carboxylic acid groups (broad SMARTS) is 1. The van der Waals surface area contributed by atoms with Crippen LogP contribution in [0.3, 0.4) is 0 Å². The van der Waals surface area contributed by atoms with Crippen molar-refractivity contribution in [1.29, 1.82) is 0 Å². The number of rotatable bonds is 4. The summed E-state index contributed by atoms with van der Waals surface area (Å²) >= 11 is 0. The molecule has 1 aromatic heterocycles. The minimum Gasteiger partial charge on any atom is -0.478 e. The van der Waals surface area contributed by atoms with Crippen LogP contribution in [0.5, 0.6) is 0 Å². The number of hydrogen-bond donors (Lipinski definition) is 1. The van der Waals surface area contributed by atoms with Crippen LogP contribution in [0.4, 0.5) is 0 Å². The molecule has 1 aliphatic rings. The molecule has 0 spiro atoms. The summed E-state index contributed by atoms with van der Waals surface area (Å²) < 4.78 is 5.43. The lowest BCUT2D eigenvalue weighted by atomic mass is 9.88. The fraction of sp³-hybridized carbons (Fsp3) is 0.421. The number of piperidine rings is 1. The highest BCUT2D eigenvalue weighted by Crippen LogP contribution is 2.25. The van der Waals surface area contributed by atoms with Gasteiger partial charge in [-0.05, 0) is 43.7 Å². The molecule has 132 valence electrons. The highest BCUT2D eigenvalue weighted by molar-refractivity contribution is 5.92. The number of carbonyl (C=O) groups is 2. The molecule has 1 fully saturated rings. The Bertz CT molecular complexity index is 788. The Balaban J connectivity index is 1.62. The van der Waals surface area contributed by atoms with Gasteiger partial charge < -0.3 is 14.4 Å². The lowest BCUT2D eigenvalue weighted by molar-refractivity contribution is 0.0656. The van der Waals surface area contributed by atoms with Gasteiger partial charge in [-0.3, -0.25) is 4.79 Å². The molecular weight excluding hydrogens is 320 g/mol. The summed E-state index contributed by atoms with van der Waals surface area (Å²) in [5.74, 6) is 0.206. The second kappa shape index (κ2) is 7.09. The predicted octanol–water partition coefficient (Wildman–Crippen LogP) is 3.08. The topological polar surface area (TPSA) is 83.6 Å². The third kappa shape index (κ3) is 3.73. The molecule has 1 N–H and O–H groups in total. The summed E-state index contributed by atoms with van der Waals surface area (Å²) in [5.41, 5.74) is 1.86. The molecule has 0 unspecified atom stereocenters. The van der Waals surface area contributed by atoms with Gasteiger partial charge in [-0.1, -0.05) is 18.2 Å². The van der Waals surface area contributed by atoms with E-state index in [0.29, 0.717) is 41.9 Å². The molecule has 1 saturated heterocycles. The average molecular weight is 342 g/mol. The molecular formula is C19H22N2O4. The number of likely N-dealkylation sites (tertiary alicyclic amines) is 1. The molecule has 0 saturated carbocycles. The molecule has 0 aliphatic carbocycles. The normalized spacial score (nSPS) is 15.4. The number of hydrogen-bond acceptors (Lipinski definition) is 4. The van der Waals surface area contributed by atoms with Crippen LogP contribution in [0, 0.1) is 19.8 Å². The van der Waals surface area contributed by atoms with Crippen LogP contribution < -0.4 is 0 Å². The second-order valence-corrected chi connectivity index (χ2v) is 6.55. The van der Waals surface area contributed by atoms with Crippen LogP contribution in [0.15, 0.2) is 28.7 Å². The first-order valence-electron chi connectivity index (χ1n) is 8.50. The maximum atomic E-state index is 12.6. The van der Waals surface area contributed by atoms with Gasteiger partial charge in [-0.2, -0.15) is 0 Å². The monoisotopic (exact) mass is 342 g/mol. The Morgan fingerprint density at radius 1 is 1.24 bits per heavy atom. The summed E-state index contributed by atoms with van der Waals surface area (Å²) in [6.07, 6.45) is 2.43. The molecule has 2 heterocycles. The van der Waals surface area contributed by atoms with Gasteiger partial charge in [0.2, 0.25) is 5.76 Å². The molecule has 0 radical (unpaired) electrons. The van der Waals surface area contributed by atoms with E-state index in [1.54, 1.807) is 30.9 Å². The van der Waals surface area contributed by atoms with Crippen molar-refractivity contribution in [1.82, 2.24) is 9.88 Å². The minimum atomic E-state index is -0.889. The van der Waals surface area contributed by atoms with E-state index in [2.05, 4.69) is 4.98 Å². The number of carbonyl (C=O) groups excluding carboxylic acids is 1. The SMILES string of the molecule is Cc1nc(C)c(C(=O)N2CCC(Cc3ccccc3C(=O)O)CC2)o1. The molecule has 6 heteroatoms. The second-order valence-electron chi connectivity index (χ2n) is 6.55. The van der Waals surface area contributed by atoms with Gasteiger partial charge in [0.1, 0.15) is 0 Å². The molecule has 1 aromatic carbocycles. The molecule has 1 amide bonds. The van der Waals surface area contributed by atoms with E-state index >= 15 is 0 Å². The van der Waals surface area contributed by atoms with Gasteiger partial charge >= 0.3 is 5.97 Å². The summed E-state index contributed by atoms with van der Waals surface area (Å²) in [6, 6.07) is 7.14. The molecule has 2 aromatic rings. The molecule has 0 atom stereocenters. The Morgan fingerprint density at radius 3 is 2.52 bits per heavy atom. The third-order valence-electron chi connectivity index (χ3n) is 4.76. The van der Waals surface area contributed by atoms with Crippen LogP contribution in [-0.2, 0) is 6.42 Å². The summed E-state index contributed by atoms with van der Waals surface area (Å²) in [6.45, 7) is 4.81. The fourth-order valence-electron chi connectivity index (χ4n) is 3.43. The van der Waals surface area contributed by atoms with Gasteiger partial charge in [0.15, 0.2) is 5.89 Å². The molecule has 0 bridgehead atoms. The summed E-state index contributed by atoms with van der Waals surface area (Å²) in [5, 5.41) is 9.29. The number of aryl methyl sites for hydroxylation is 2. The van der Waals surface area contributed by atoms with Crippen molar-refractivity contribution in [2.75, 3.05) is 13.1 Å². The fourth-order valence-corrected chi connectivity index (χ4v) is 3.43. The Kier molecular flexibility index (Phi) is 4.88. The first-order valence-corrected chi connectivity index (χ1v) is 8.50. The van der Waals surface area contributed by atoms with Crippen LogP contribution >= 0.6 is 0 Å². The van der Waals surface area contributed by atoms with Gasteiger partial charge in [-0.15, -0.1) is 0 Å². The number of aromatic carboxylic acids is 1. The summed E-state index contributed by atoms with van der Waals surface area (Å²) in [7, 11) is 0. The van der Waals surface area contributed by atoms with E-state index in [4.69, 9.17) is 4.42 Å². The Labute approximate surface area is 146 Å². The van der Waals surface area contributed by atoms with E-state index in [-0.39, 0.29) is 5.91 Å². The molecule has 1 aliphatic heterocycles. The number of amides is 1. The highest BCUT2D eigenvalue weighted by Gasteiger charge is 2.27. The molecule has 3 rings (SSSR count). The molecule has 25 heavy (non-hydrogen) atoms. The number of benzene rings is 1. The van der Waals surface area contributed by atoms with Gasteiger partial charge in [-0.25, -0.2) is 9.78 Å². The zero-order valence-corrected chi connectivity index (χ0v) is 14.5. The van der Waals surface area contributed by atoms with E-state index in [9.17, 15) is 14.7 Å². The predicted molar refractivity (Wildman–Crippen MR) is 91.7 cm³/mol. The van der Waals surface area contributed by atoms with Gasteiger partial charge in [0, 0.05) is 20.0 Å². The third-order valence-corrected chi connectivity index (χ3v) is 4.76. The molecule has 6 nitrogen and oxygen atoms in total. The lowest BCUT2D eigenvalue weighted by Crippen LogP contribution is -2.39. The van der Waals surface area contributed by atoms with E-state index < -0.39 is 5.97 Å². The van der Waals surface area contributed by atoms with Crippen LogP contribution in [0.1, 0.15) is 50.9 Å². The quantitative estimate of drug-likeness (QED) is 0.923. The standard InChI is InChI=1S/C19H22N2O4/c1-12-17(25-13(2)20-12)18(22)21-9-7-14(8-10-21)11-15-5-3-4-6-16(15)19(23)24/h3-6,14H,7-11H2,1-2H3,(H,23,24). The first kappa shape index (κ1) is 17.2. The van der Waals surface area contributed by atoms with Gasteiger partial charge in [0.25, 0.3) is 5.91 Å². The lowest BCUT2D eigenvalue weighted by Gasteiger charge is -2.31. The van der Waals surface area contributed by atoms with Crippen molar-refractivity contribution in [2.45, 2.75) is 33.1 Å². The van der Waals surface area contributed by atoms with Crippen LogP contribution in [0.2, 0.25) is 0 Å².